The smallest absolute Gasteiger partial charge is 0.264 e. The van der Waals surface area contributed by atoms with E-state index in [4.69, 9.17) is 5.73 Å². The number of benzene rings is 2. The summed E-state index contributed by atoms with van der Waals surface area (Å²) < 4.78 is 28.0. The highest BCUT2D eigenvalue weighted by atomic mass is 79.9. The van der Waals surface area contributed by atoms with Gasteiger partial charge in [0.1, 0.15) is 0 Å². The predicted octanol–water partition coefficient (Wildman–Crippen LogP) is 3.09. The Balaban J connectivity index is 2.11. The zero-order valence-electron chi connectivity index (χ0n) is 11.5. The Labute approximate surface area is 132 Å². The second kappa shape index (κ2) is 5.03. The van der Waals surface area contributed by atoms with Gasteiger partial charge in [0.15, 0.2) is 0 Å². The number of aryl methyl sites for hydroxylation is 1. The van der Waals surface area contributed by atoms with Crippen LogP contribution in [-0.4, -0.2) is 15.0 Å². The highest BCUT2D eigenvalue weighted by Crippen LogP contribution is 2.37. The molecule has 0 spiro atoms. The number of para-hydroxylation sites is 1. The molecular weight excluding hydrogens is 352 g/mol. The van der Waals surface area contributed by atoms with Crippen LogP contribution < -0.4 is 10.0 Å². The summed E-state index contributed by atoms with van der Waals surface area (Å²) in [5.41, 5.74) is 8.97. The van der Waals surface area contributed by atoms with E-state index in [0.29, 0.717) is 29.2 Å². The van der Waals surface area contributed by atoms with Crippen molar-refractivity contribution in [2.24, 2.45) is 0 Å². The molecule has 0 atom stereocenters. The first-order valence-corrected chi connectivity index (χ1v) is 8.81. The Kier molecular flexibility index (Phi) is 3.45. The lowest BCUT2D eigenvalue weighted by Crippen LogP contribution is -2.29. The minimum Gasteiger partial charge on any atom is -0.397 e. The number of sulfonamides is 1. The largest absolute Gasteiger partial charge is 0.397 e. The van der Waals surface area contributed by atoms with E-state index in [1.54, 1.807) is 24.3 Å². The topological polar surface area (TPSA) is 63.4 Å². The van der Waals surface area contributed by atoms with E-state index in [1.807, 2.05) is 19.1 Å². The van der Waals surface area contributed by atoms with Crippen molar-refractivity contribution in [3.63, 3.8) is 0 Å². The highest BCUT2D eigenvalue weighted by molar-refractivity contribution is 9.10. The molecule has 0 fully saturated rings. The number of nitrogens with zero attached hydrogens (tertiary/aromatic N) is 1. The highest BCUT2D eigenvalue weighted by Gasteiger charge is 2.32. The molecule has 2 aromatic carbocycles. The van der Waals surface area contributed by atoms with Crippen LogP contribution in [0.3, 0.4) is 0 Å². The molecule has 1 aliphatic rings. The fourth-order valence-electron chi connectivity index (χ4n) is 2.60. The molecule has 2 aromatic rings. The maximum absolute atomic E-state index is 12.9. The third-order valence-electron chi connectivity index (χ3n) is 3.70. The molecule has 0 radical (unpaired) electrons. The summed E-state index contributed by atoms with van der Waals surface area (Å²) in [7, 11) is -3.58. The number of hydrogen-bond donors (Lipinski definition) is 1. The lowest BCUT2D eigenvalue weighted by Gasteiger charge is -2.21. The first-order valence-electron chi connectivity index (χ1n) is 6.57. The summed E-state index contributed by atoms with van der Waals surface area (Å²) in [5.74, 6) is 0. The molecular formula is C15H15BrN2O2S. The number of halogens is 1. The van der Waals surface area contributed by atoms with Crippen molar-refractivity contribution >= 4 is 37.3 Å². The van der Waals surface area contributed by atoms with E-state index in [9.17, 15) is 8.42 Å². The van der Waals surface area contributed by atoms with Gasteiger partial charge >= 0.3 is 0 Å². The van der Waals surface area contributed by atoms with Crippen LogP contribution >= 0.6 is 15.9 Å². The third-order valence-corrected chi connectivity index (χ3v) is 6.39. The fourth-order valence-corrected chi connectivity index (χ4v) is 4.46. The first kappa shape index (κ1) is 14.4. The molecule has 1 heterocycles. The van der Waals surface area contributed by atoms with E-state index < -0.39 is 10.0 Å². The van der Waals surface area contributed by atoms with Gasteiger partial charge in [-0.25, -0.2) is 8.42 Å². The molecule has 21 heavy (non-hydrogen) atoms. The Morgan fingerprint density at radius 1 is 1.24 bits per heavy atom. The molecule has 0 aromatic heterocycles. The van der Waals surface area contributed by atoms with Gasteiger partial charge in [-0.2, -0.15) is 0 Å². The van der Waals surface area contributed by atoms with Gasteiger partial charge in [-0.15, -0.1) is 0 Å². The molecule has 0 bridgehead atoms. The van der Waals surface area contributed by atoms with E-state index in [0.717, 1.165) is 15.6 Å². The van der Waals surface area contributed by atoms with Gasteiger partial charge in [-0.05, 0) is 48.7 Å². The molecule has 0 saturated carbocycles. The van der Waals surface area contributed by atoms with Crippen molar-refractivity contribution < 1.29 is 8.42 Å². The molecule has 0 saturated heterocycles. The minimum absolute atomic E-state index is 0.291. The van der Waals surface area contributed by atoms with Crippen LogP contribution in [0.5, 0.6) is 0 Å². The summed E-state index contributed by atoms with van der Waals surface area (Å²) >= 11 is 3.39. The standard InChI is InChI=1S/C15H15BrN2O2S/c1-10-9-12(5-6-13(10)16)21(19,20)18-8-7-11-3-2-4-14(17)15(11)18/h2-6,9H,7-8,17H2,1H3. The van der Waals surface area contributed by atoms with Crippen molar-refractivity contribution in [1.29, 1.82) is 0 Å². The predicted molar refractivity (Wildman–Crippen MR) is 88.0 cm³/mol. The molecule has 110 valence electrons. The SMILES string of the molecule is Cc1cc(S(=O)(=O)N2CCc3cccc(N)c32)ccc1Br. The fraction of sp³-hybridized carbons (Fsp3) is 0.200. The lowest BCUT2D eigenvalue weighted by atomic mass is 10.1. The molecule has 1 aliphatic heterocycles. The summed E-state index contributed by atoms with van der Waals surface area (Å²) in [6.45, 7) is 2.30. The van der Waals surface area contributed by atoms with Crippen LogP contribution in [0.25, 0.3) is 0 Å². The number of hydrogen-bond acceptors (Lipinski definition) is 3. The number of rotatable bonds is 2. The second-order valence-electron chi connectivity index (χ2n) is 5.09. The van der Waals surface area contributed by atoms with Crippen LogP contribution in [0.1, 0.15) is 11.1 Å². The number of nitrogen functional groups attached to an aromatic ring is 1. The van der Waals surface area contributed by atoms with E-state index >= 15 is 0 Å². The summed E-state index contributed by atoms with van der Waals surface area (Å²) in [5, 5.41) is 0. The second-order valence-corrected chi connectivity index (χ2v) is 7.81. The van der Waals surface area contributed by atoms with Crippen molar-refractivity contribution in [2.45, 2.75) is 18.2 Å². The van der Waals surface area contributed by atoms with E-state index in [-0.39, 0.29) is 0 Å². The zero-order chi connectivity index (χ0) is 15.2. The number of fused-ring (bicyclic) bond motifs is 1. The molecule has 2 N–H and O–H groups in total. The van der Waals surface area contributed by atoms with Crippen molar-refractivity contribution in [3.05, 3.63) is 52.0 Å². The average Bonchev–Trinajstić information content (AvgIpc) is 2.88. The maximum Gasteiger partial charge on any atom is 0.264 e. The zero-order valence-corrected chi connectivity index (χ0v) is 13.9. The number of anilines is 2. The minimum atomic E-state index is -3.58. The Bertz CT molecular complexity index is 818. The van der Waals surface area contributed by atoms with Crippen LogP contribution in [0.4, 0.5) is 11.4 Å². The van der Waals surface area contributed by atoms with Gasteiger partial charge in [-0.1, -0.05) is 28.1 Å². The van der Waals surface area contributed by atoms with Crippen LogP contribution in [-0.2, 0) is 16.4 Å². The van der Waals surface area contributed by atoms with Crippen molar-refractivity contribution in [2.75, 3.05) is 16.6 Å². The molecule has 3 rings (SSSR count). The van der Waals surface area contributed by atoms with Gasteiger partial charge in [0.25, 0.3) is 10.0 Å². The molecule has 4 nitrogen and oxygen atoms in total. The van der Waals surface area contributed by atoms with Crippen LogP contribution in [0, 0.1) is 6.92 Å². The maximum atomic E-state index is 12.9. The normalized spacial score (nSPS) is 14.3. The molecule has 6 heteroatoms. The van der Waals surface area contributed by atoms with Gasteiger partial charge < -0.3 is 5.73 Å². The quantitative estimate of drug-likeness (QED) is 0.830. The van der Waals surface area contributed by atoms with Gasteiger partial charge in [0.05, 0.1) is 16.3 Å². The first-order chi connectivity index (χ1) is 9.91. The van der Waals surface area contributed by atoms with Gasteiger partial charge in [-0.3, -0.25) is 4.31 Å². The summed E-state index contributed by atoms with van der Waals surface area (Å²) in [6.07, 6.45) is 0.690. The molecule has 0 aliphatic carbocycles. The third kappa shape index (κ3) is 2.32. The van der Waals surface area contributed by atoms with Gasteiger partial charge in [0, 0.05) is 11.0 Å². The van der Waals surface area contributed by atoms with Crippen molar-refractivity contribution in [1.82, 2.24) is 0 Å². The Hall–Kier alpha value is -1.53. The molecule has 0 amide bonds. The average molecular weight is 367 g/mol. The van der Waals surface area contributed by atoms with E-state index in [2.05, 4.69) is 15.9 Å². The molecule has 0 unspecified atom stereocenters. The lowest BCUT2D eigenvalue weighted by molar-refractivity contribution is 0.592. The summed E-state index contributed by atoms with van der Waals surface area (Å²) in [4.78, 5) is 0.291. The number of nitrogens with two attached hydrogens (primary N) is 1. The Morgan fingerprint density at radius 3 is 2.71 bits per heavy atom. The van der Waals surface area contributed by atoms with E-state index in [1.165, 1.54) is 4.31 Å². The Morgan fingerprint density at radius 2 is 2.00 bits per heavy atom. The van der Waals surface area contributed by atoms with Crippen LogP contribution in [0.2, 0.25) is 0 Å². The van der Waals surface area contributed by atoms with Gasteiger partial charge in [0.2, 0.25) is 0 Å². The van der Waals surface area contributed by atoms with Crippen molar-refractivity contribution in [3.8, 4) is 0 Å². The summed E-state index contributed by atoms with van der Waals surface area (Å²) in [6, 6.07) is 10.6. The van der Waals surface area contributed by atoms with Crippen LogP contribution in [0.15, 0.2) is 45.8 Å². The monoisotopic (exact) mass is 366 g/mol.